The first-order chi connectivity index (χ1) is 14.1. The van der Waals surface area contributed by atoms with Crippen LogP contribution in [0.25, 0.3) is 0 Å². The second-order valence-corrected chi connectivity index (χ2v) is 7.08. The Labute approximate surface area is 171 Å². The van der Waals surface area contributed by atoms with Crippen molar-refractivity contribution in [1.29, 1.82) is 0 Å². The van der Waals surface area contributed by atoms with Crippen molar-refractivity contribution < 1.29 is 4.79 Å². The molecule has 3 rings (SSSR count). The molecule has 29 heavy (non-hydrogen) atoms. The molecule has 5 nitrogen and oxygen atoms in total. The number of rotatable bonds is 8. The monoisotopic (exact) mass is 389 g/mol. The molecular formula is C24H27N3O2. The number of carbonyl (C=O) groups is 1. The number of carbonyl (C=O) groups excluding carboxylic acids is 1. The Morgan fingerprint density at radius 1 is 1.00 bits per heavy atom. The molecule has 0 atom stereocenters. The number of anilines is 1. The van der Waals surface area contributed by atoms with E-state index in [0.29, 0.717) is 18.7 Å². The molecule has 2 aromatic heterocycles. The number of para-hydroxylation sites is 1. The Kier molecular flexibility index (Phi) is 6.95. The quantitative estimate of drug-likeness (QED) is 0.619. The van der Waals surface area contributed by atoms with Crippen LogP contribution in [0.4, 0.5) is 5.69 Å². The van der Waals surface area contributed by atoms with Gasteiger partial charge >= 0.3 is 0 Å². The average molecular weight is 389 g/mol. The van der Waals surface area contributed by atoms with Crippen LogP contribution in [0.3, 0.4) is 0 Å². The third-order valence-electron chi connectivity index (χ3n) is 4.85. The summed E-state index contributed by atoms with van der Waals surface area (Å²) in [5.41, 5.74) is 3.56. The zero-order valence-electron chi connectivity index (χ0n) is 17.0. The summed E-state index contributed by atoms with van der Waals surface area (Å²) in [5, 5.41) is 2.88. The van der Waals surface area contributed by atoms with E-state index in [9.17, 15) is 9.59 Å². The van der Waals surface area contributed by atoms with Crippen molar-refractivity contribution in [3.63, 3.8) is 0 Å². The van der Waals surface area contributed by atoms with E-state index < -0.39 is 0 Å². The standard InChI is InChI=1S/C24H27N3O2/c1-3-8-20-16-22(28)23(24(29)26-19-10-6-5-7-11-19)21(9-4-2)27(20)17-18-12-14-25-15-13-18/h5-7,10-16H,3-4,8-9,17H2,1-2H3,(H,26,29). The SMILES string of the molecule is CCCc1cc(=O)c(C(=O)Nc2ccccc2)c(CCC)n1Cc1ccncc1. The molecule has 0 spiro atoms. The highest BCUT2D eigenvalue weighted by Crippen LogP contribution is 2.17. The Morgan fingerprint density at radius 3 is 2.34 bits per heavy atom. The lowest BCUT2D eigenvalue weighted by molar-refractivity contribution is 0.102. The Bertz CT molecular complexity index is 1010. The van der Waals surface area contributed by atoms with E-state index in [2.05, 4.69) is 28.7 Å². The Morgan fingerprint density at radius 2 is 1.69 bits per heavy atom. The lowest BCUT2D eigenvalue weighted by Gasteiger charge is -2.21. The van der Waals surface area contributed by atoms with E-state index in [-0.39, 0.29) is 16.9 Å². The first-order valence-electron chi connectivity index (χ1n) is 10.1. The molecule has 5 heteroatoms. The predicted octanol–water partition coefficient (Wildman–Crippen LogP) is 4.45. The van der Waals surface area contributed by atoms with Gasteiger partial charge in [0, 0.05) is 42.1 Å². The van der Waals surface area contributed by atoms with Gasteiger partial charge in [-0.2, -0.15) is 0 Å². The second-order valence-electron chi connectivity index (χ2n) is 7.08. The number of amides is 1. The third kappa shape index (κ3) is 4.99. The van der Waals surface area contributed by atoms with Gasteiger partial charge < -0.3 is 9.88 Å². The topological polar surface area (TPSA) is 64.0 Å². The molecule has 0 radical (unpaired) electrons. The first-order valence-corrected chi connectivity index (χ1v) is 10.1. The number of aryl methyl sites for hydroxylation is 1. The van der Waals surface area contributed by atoms with Gasteiger partial charge in [-0.3, -0.25) is 14.6 Å². The number of aromatic nitrogens is 2. The zero-order valence-corrected chi connectivity index (χ0v) is 17.0. The van der Waals surface area contributed by atoms with Gasteiger partial charge in [0.15, 0.2) is 5.43 Å². The molecule has 0 aliphatic heterocycles. The van der Waals surface area contributed by atoms with Gasteiger partial charge in [-0.1, -0.05) is 44.9 Å². The molecule has 1 N–H and O–H groups in total. The number of hydrogen-bond acceptors (Lipinski definition) is 3. The van der Waals surface area contributed by atoms with Crippen LogP contribution in [-0.2, 0) is 19.4 Å². The molecule has 1 aromatic carbocycles. The molecule has 3 aromatic rings. The van der Waals surface area contributed by atoms with E-state index in [1.807, 2.05) is 42.5 Å². The molecule has 0 saturated heterocycles. The number of pyridine rings is 2. The maximum atomic E-state index is 13.1. The van der Waals surface area contributed by atoms with Crippen molar-refractivity contribution in [2.45, 2.75) is 46.1 Å². The summed E-state index contributed by atoms with van der Waals surface area (Å²) in [5.74, 6) is -0.351. The molecule has 0 fully saturated rings. The minimum atomic E-state index is -0.351. The van der Waals surface area contributed by atoms with Gasteiger partial charge in [-0.15, -0.1) is 0 Å². The minimum absolute atomic E-state index is 0.212. The van der Waals surface area contributed by atoms with Crippen LogP contribution in [0.15, 0.2) is 65.7 Å². The molecule has 2 heterocycles. The number of benzene rings is 1. The van der Waals surface area contributed by atoms with Gasteiger partial charge in [-0.05, 0) is 42.7 Å². The summed E-state index contributed by atoms with van der Waals surface area (Å²) in [6.45, 7) is 4.77. The summed E-state index contributed by atoms with van der Waals surface area (Å²) in [7, 11) is 0. The van der Waals surface area contributed by atoms with Crippen molar-refractivity contribution in [3.8, 4) is 0 Å². The average Bonchev–Trinajstić information content (AvgIpc) is 2.72. The summed E-state index contributed by atoms with van der Waals surface area (Å²) in [6.07, 6.45) is 6.75. The van der Waals surface area contributed by atoms with Crippen LogP contribution in [0, 0.1) is 0 Å². The lowest BCUT2D eigenvalue weighted by atomic mass is 10.0. The zero-order chi connectivity index (χ0) is 20.6. The van der Waals surface area contributed by atoms with E-state index in [1.165, 1.54) is 0 Å². The summed E-state index contributed by atoms with van der Waals surface area (Å²) in [4.78, 5) is 30.1. The van der Waals surface area contributed by atoms with Crippen LogP contribution in [0.2, 0.25) is 0 Å². The van der Waals surface area contributed by atoms with E-state index in [1.54, 1.807) is 18.5 Å². The van der Waals surface area contributed by atoms with Crippen LogP contribution < -0.4 is 10.7 Å². The van der Waals surface area contributed by atoms with Gasteiger partial charge in [0.05, 0.1) is 0 Å². The lowest BCUT2D eigenvalue weighted by Crippen LogP contribution is -2.29. The van der Waals surface area contributed by atoms with E-state index in [4.69, 9.17) is 0 Å². The molecule has 1 amide bonds. The third-order valence-corrected chi connectivity index (χ3v) is 4.85. The van der Waals surface area contributed by atoms with Crippen molar-refractivity contribution in [2.75, 3.05) is 5.32 Å². The highest BCUT2D eigenvalue weighted by Gasteiger charge is 2.21. The van der Waals surface area contributed by atoms with Crippen LogP contribution >= 0.6 is 0 Å². The highest BCUT2D eigenvalue weighted by atomic mass is 16.2. The fraction of sp³-hybridized carbons (Fsp3) is 0.292. The van der Waals surface area contributed by atoms with Crippen molar-refractivity contribution in [2.24, 2.45) is 0 Å². The molecule has 0 aliphatic carbocycles. The van der Waals surface area contributed by atoms with Gasteiger partial charge in [0.1, 0.15) is 5.56 Å². The van der Waals surface area contributed by atoms with Gasteiger partial charge in [-0.25, -0.2) is 0 Å². The molecule has 150 valence electrons. The fourth-order valence-corrected chi connectivity index (χ4v) is 3.54. The second kappa shape index (κ2) is 9.82. The normalized spacial score (nSPS) is 10.7. The van der Waals surface area contributed by atoms with Crippen molar-refractivity contribution >= 4 is 11.6 Å². The summed E-state index contributed by atoms with van der Waals surface area (Å²) < 4.78 is 2.14. The summed E-state index contributed by atoms with van der Waals surface area (Å²) in [6, 6.07) is 14.8. The van der Waals surface area contributed by atoms with Crippen LogP contribution in [-0.4, -0.2) is 15.5 Å². The maximum absolute atomic E-state index is 13.1. The summed E-state index contributed by atoms with van der Waals surface area (Å²) >= 11 is 0. The van der Waals surface area contributed by atoms with Crippen LogP contribution in [0.1, 0.15) is 54.0 Å². The van der Waals surface area contributed by atoms with Crippen molar-refractivity contribution in [3.05, 3.63) is 93.7 Å². The first kappa shape index (κ1) is 20.5. The van der Waals surface area contributed by atoms with E-state index in [0.717, 1.165) is 36.2 Å². The highest BCUT2D eigenvalue weighted by molar-refractivity contribution is 6.05. The number of nitrogens with zero attached hydrogens (tertiary/aromatic N) is 2. The van der Waals surface area contributed by atoms with E-state index >= 15 is 0 Å². The largest absolute Gasteiger partial charge is 0.343 e. The molecule has 0 bridgehead atoms. The predicted molar refractivity (Wildman–Crippen MR) is 116 cm³/mol. The van der Waals surface area contributed by atoms with Crippen LogP contribution in [0.5, 0.6) is 0 Å². The van der Waals surface area contributed by atoms with Gasteiger partial charge in [0.25, 0.3) is 5.91 Å². The molecule has 0 aliphatic rings. The molecular weight excluding hydrogens is 362 g/mol. The maximum Gasteiger partial charge on any atom is 0.261 e. The Hall–Kier alpha value is -3.21. The van der Waals surface area contributed by atoms with Crippen molar-refractivity contribution in [1.82, 2.24) is 9.55 Å². The number of hydrogen-bond donors (Lipinski definition) is 1. The number of nitrogens with one attached hydrogen (secondary N) is 1. The smallest absolute Gasteiger partial charge is 0.261 e. The van der Waals surface area contributed by atoms with Gasteiger partial charge in [0.2, 0.25) is 0 Å². The molecule has 0 unspecified atom stereocenters. The minimum Gasteiger partial charge on any atom is -0.343 e. The molecule has 0 saturated carbocycles. The fourth-order valence-electron chi connectivity index (χ4n) is 3.54. The Balaban J connectivity index is 2.10.